The van der Waals surface area contributed by atoms with E-state index in [1.807, 2.05) is 5.32 Å². The number of aliphatic hydroxyl groups is 1. The van der Waals surface area contributed by atoms with Crippen LogP contribution in [0.4, 0.5) is 23.2 Å². The molecule has 0 unspecified atom stereocenters. The van der Waals surface area contributed by atoms with Crippen LogP contribution in [0, 0.1) is 12.7 Å². The summed E-state index contributed by atoms with van der Waals surface area (Å²) in [6.45, 7) is 1.90. The molecule has 0 aliphatic rings. The van der Waals surface area contributed by atoms with Crippen molar-refractivity contribution in [2.75, 3.05) is 5.32 Å². The van der Waals surface area contributed by atoms with Crippen molar-refractivity contribution < 1.29 is 27.5 Å². The summed E-state index contributed by atoms with van der Waals surface area (Å²) in [4.78, 5) is 13.1. The third kappa shape index (κ3) is 4.31. The number of hydrogen-bond donors (Lipinski definition) is 2. The normalized spacial score (nSPS) is 14.0. The van der Waals surface area contributed by atoms with E-state index in [-0.39, 0.29) is 16.5 Å². The second-order valence-electron chi connectivity index (χ2n) is 5.63. The number of anilines is 1. The first-order valence-corrected chi connectivity index (χ1v) is 8.46. The van der Waals surface area contributed by atoms with Crippen LogP contribution in [0.1, 0.15) is 12.5 Å². The maximum Gasteiger partial charge on any atom is 0.426 e. The quantitative estimate of drug-likeness (QED) is 0.686. The van der Waals surface area contributed by atoms with Gasteiger partial charge in [0.2, 0.25) is 5.60 Å². The van der Waals surface area contributed by atoms with Crippen LogP contribution in [0.3, 0.4) is 0 Å². The lowest BCUT2D eigenvalue weighted by molar-refractivity contribution is -0.242. The lowest BCUT2D eigenvalue weighted by Gasteiger charge is -2.25. The van der Waals surface area contributed by atoms with E-state index in [2.05, 4.69) is 0 Å². The van der Waals surface area contributed by atoms with Gasteiger partial charge in [-0.3, -0.25) is 4.79 Å². The minimum Gasteiger partial charge on any atom is -0.373 e. The highest BCUT2D eigenvalue weighted by molar-refractivity contribution is 7.99. The Balaban J connectivity index is 2.24. The van der Waals surface area contributed by atoms with Gasteiger partial charge in [0.15, 0.2) is 0 Å². The first-order chi connectivity index (χ1) is 11.9. The zero-order chi connectivity index (χ0) is 19.7. The first kappa shape index (κ1) is 20.5. The Kier molecular flexibility index (Phi) is 5.89. The van der Waals surface area contributed by atoms with Crippen LogP contribution in [-0.2, 0) is 4.79 Å². The largest absolute Gasteiger partial charge is 0.426 e. The average Bonchev–Trinajstić information content (AvgIpc) is 2.55. The molecule has 140 valence electrons. The minimum atomic E-state index is -5.12. The van der Waals surface area contributed by atoms with E-state index in [1.54, 1.807) is 12.1 Å². The van der Waals surface area contributed by atoms with Crippen molar-refractivity contribution in [1.82, 2.24) is 0 Å². The van der Waals surface area contributed by atoms with Crippen LogP contribution in [0.25, 0.3) is 0 Å². The lowest BCUT2D eigenvalue weighted by Crippen LogP contribution is -2.52. The van der Waals surface area contributed by atoms with E-state index in [0.29, 0.717) is 22.3 Å². The smallest absolute Gasteiger partial charge is 0.373 e. The van der Waals surface area contributed by atoms with Gasteiger partial charge in [0, 0.05) is 15.5 Å². The summed E-state index contributed by atoms with van der Waals surface area (Å²) in [5.74, 6) is -1.99. The molecular formula is C17H14ClF4NO2S. The Bertz CT molecular complexity index is 823. The summed E-state index contributed by atoms with van der Waals surface area (Å²) >= 11 is 7.47. The second kappa shape index (κ2) is 7.46. The summed E-state index contributed by atoms with van der Waals surface area (Å²) in [5, 5.41) is 11.7. The van der Waals surface area contributed by atoms with E-state index >= 15 is 0 Å². The molecule has 1 atom stereocenters. The summed E-state index contributed by atoms with van der Waals surface area (Å²) in [6, 6.07) is 8.59. The molecule has 0 fully saturated rings. The van der Waals surface area contributed by atoms with E-state index < -0.39 is 17.7 Å². The third-order valence-corrected chi connectivity index (χ3v) is 5.30. The van der Waals surface area contributed by atoms with Gasteiger partial charge in [-0.1, -0.05) is 23.4 Å². The Morgan fingerprint density at radius 2 is 1.73 bits per heavy atom. The molecule has 0 bridgehead atoms. The van der Waals surface area contributed by atoms with Crippen molar-refractivity contribution in [1.29, 1.82) is 0 Å². The van der Waals surface area contributed by atoms with Gasteiger partial charge in [0.25, 0.3) is 5.91 Å². The molecule has 0 saturated heterocycles. The molecule has 2 rings (SSSR count). The number of alkyl halides is 3. The molecule has 0 spiro atoms. The predicted molar refractivity (Wildman–Crippen MR) is 92.0 cm³/mol. The fourth-order valence-corrected chi connectivity index (χ4v) is 3.06. The summed E-state index contributed by atoms with van der Waals surface area (Å²) in [7, 11) is 0. The van der Waals surface area contributed by atoms with Crippen LogP contribution < -0.4 is 5.32 Å². The van der Waals surface area contributed by atoms with Crippen molar-refractivity contribution in [3.8, 4) is 0 Å². The highest BCUT2D eigenvalue weighted by atomic mass is 35.5. The average molecular weight is 408 g/mol. The SMILES string of the molecule is Cc1c(NC(=O)[C@@](C)(O)C(F)(F)F)ccc(Sc2ccc(F)cc2)c1Cl. The summed E-state index contributed by atoms with van der Waals surface area (Å²) < 4.78 is 51.2. The molecule has 0 heterocycles. The maximum atomic E-state index is 12.9. The maximum absolute atomic E-state index is 12.9. The van der Waals surface area contributed by atoms with Gasteiger partial charge in [-0.15, -0.1) is 0 Å². The monoisotopic (exact) mass is 407 g/mol. The van der Waals surface area contributed by atoms with Gasteiger partial charge in [-0.25, -0.2) is 4.39 Å². The fourth-order valence-electron chi connectivity index (χ4n) is 1.88. The molecule has 26 heavy (non-hydrogen) atoms. The van der Waals surface area contributed by atoms with Crippen LogP contribution >= 0.6 is 23.4 Å². The van der Waals surface area contributed by atoms with Gasteiger partial charge >= 0.3 is 6.18 Å². The molecule has 2 aromatic carbocycles. The van der Waals surface area contributed by atoms with Gasteiger partial charge in [-0.05, 0) is 55.8 Å². The second-order valence-corrected chi connectivity index (χ2v) is 7.12. The third-order valence-electron chi connectivity index (χ3n) is 3.63. The molecular weight excluding hydrogens is 394 g/mol. The molecule has 0 aliphatic carbocycles. The van der Waals surface area contributed by atoms with E-state index in [4.69, 9.17) is 11.6 Å². The Hall–Kier alpha value is -1.77. The zero-order valence-electron chi connectivity index (χ0n) is 13.6. The van der Waals surface area contributed by atoms with Gasteiger partial charge in [-0.2, -0.15) is 13.2 Å². The van der Waals surface area contributed by atoms with Crippen LogP contribution in [0.5, 0.6) is 0 Å². The lowest BCUT2D eigenvalue weighted by atomic mass is 10.1. The topological polar surface area (TPSA) is 49.3 Å². The molecule has 0 saturated carbocycles. The van der Waals surface area contributed by atoms with Crippen molar-refractivity contribution in [2.24, 2.45) is 0 Å². The number of rotatable bonds is 4. The first-order valence-electron chi connectivity index (χ1n) is 7.26. The molecule has 3 nitrogen and oxygen atoms in total. The van der Waals surface area contributed by atoms with Crippen LogP contribution in [0.2, 0.25) is 5.02 Å². The standard InChI is InChI=1S/C17H14ClF4NO2S/c1-9-12(23-15(24)16(2,25)17(20,21)22)7-8-13(14(9)18)26-11-5-3-10(19)4-6-11/h3-8,25H,1-2H3,(H,23,24)/t16-/m1/s1. The molecule has 2 N–H and O–H groups in total. The van der Waals surface area contributed by atoms with Gasteiger partial charge in [0.1, 0.15) is 5.82 Å². The summed E-state index contributed by atoms with van der Waals surface area (Å²) in [6.07, 6.45) is -5.12. The van der Waals surface area contributed by atoms with Crippen molar-refractivity contribution in [2.45, 2.75) is 35.4 Å². The Morgan fingerprint density at radius 3 is 2.27 bits per heavy atom. The number of carbonyl (C=O) groups is 1. The Labute approximate surface area is 156 Å². The highest BCUT2D eigenvalue weighted by Crippen LogP contribution is 2.38. The van der Waals surface area contributed by atoms with Crippen molar-refractivity contribution in [3.05, 3.63) is 52.8 Å². The fraction of sp³-hybridized carbons (Fsp3) is 0.235. The number of nitrogens with one attached hydrogen (secondary N) is 1. The van der Waals surface area contributed by atoms with Crippen LogP contribution in [-0.4, -0.2) is 22.8 Å². The number of amides is 1. The van der Waals surface area contributed by atoms with Crippen molar-refractivity contribution >= 4 is 35.0 Å². The number of benzene rings is 2. The summed E-state index contributed by atoms with van der Waals surface area (Å²) in [5.41, 5.74) is -3.15. The number of hydrogen-bond acceptors (Lipinski definition) is 3. The van der Waals surface area contributed by atoms with Gasteiger partial charge < -0.3 is 10.4 Å². The van der Waals surface area contributed by atoms with Crippen LogP contribution in [0.15, 0.2) is 46.2 Å². The number of halogens is 5. The molecule has 0 radical (unpaired) electrons. The van der Waals surface area contributed by atoms with E-state index in [9.17, 15) is 27.5 Å². The predicted octanol–water partition coefficient (Wildman–Crippen LogP) is 5.19. The van der Waals surface area contributed by atoms with Crippen molar-refractivity contribution in [3.63, 3.8) is 0 Å². The Morgan fingerprint density at radius 1 is 1.15 bits per heavy atom. The highest BCUT2D eigenvalue weighted by Gasteiger charge is 2.55. The number of carbonyl (C=O) groups excluding carboxylic acids is 1. The minimum absolute atomic E-state index is 0.0491. The zero-order valence-corrected chi connectivity index (χ0v) is 15.2. The molecule has 9 heteroatoms. The molecule has 1 amide bonds. The molecule has 2 aromatic rings. The van der Waals surface area contributed by atoms with Gasteiger partial charge in [0.05, 0.1) is 5.02 Å². The molecule has 0 aromatic heterocycles. The molecule has 0 aliphatic heterocycles. The van der Waals surface area contributed by atoms with E-state index in [0.717, 1.165) is 0 Å². The van der Waals surface area contributed by atoms with E-state index in [1.165, 1.54) is 43.0 Å².